The van der Waals surface area contributed by atoms with E-state index in [1.165, 1.54) is 167 Å². The highest BCUT2D eigenvalue weighted by Gasteiger charge is 2.59. The van der Waals surface area contributed by atoms with Gasteiger partial charge in [-0.3, -0.25) is 16.0 Å². The van der Waals surface area contributed by atoms with Crippen LogP contribution in [0.4, 0.5) is 0 Å². The molecule has 2 saturated heterocycles. The highest BCUT2D eigenvalue weighted by Crippen LogP contribution is 2.59. The molecule has 3 N–H and O–H groups in total. The van der Waals surface area contributed by atoms with Crippen molar-refractivity contribution < 1.29 is 4.74 Å². The van der Waals surface area contributed by atoms with E-state index >= 15 is 0 Å². The molecule has 4 nitrogen and oxygen atoms in total. The van der Waals surface area contributed by atoms with Crippen molar-refractivity contribution in [1.82, 2.24) is 16.0 Å². The molecule has 288 valence electrons. The molecule has 10 aliphatic rings. The molecular formula is C47H79N3O. The molecule has 0 aromatic heterocycles. The molecule has 10 fully saturated rings. The van der Waals surface area contributed by atoms with Gasteiger partial charge in [-0.1, -0.05) is 122 Å². The van der Waals surface area contributed by atoms with Crippen molar-refractivity contribution >= 4 is 0 Å². The molecule has 16 atom stereocenters. The van der Waals surface area contributed by atoms with Gasteiger partial charge in [-0.2, -0.15) is 0 Å². The van der Waals surface area contributed by atoms with Crippen molar-refractivity contribution in [2.45, 2.75) is 217 Å². The SMILES string of the molecule is C1CCC(C2CCCC(C3CCC(C4NC(C5CCCCC5)NC(C5CCC6CCCCC6C5)N4)C4C5CC6CCCCC6CC5OC34)C2)CC1. The second-order valence-corrected chi connectivity index (χ2v) is 21.4. The van der Waals surface area contributed by atoms with E-state index in [0.29, 0.717) is 30.7 Å². The van der Waals surface area contributed by atoms with E-state index in [1.807, 2.05) is 0 Å². The summed E-state index contributed by atoms with van der Waals surface area (Å²) in [5.41, 5.74) is 0. The van der Waals surface area contributed by atoms with Gasteiger partial charge >= 0.3 is 0 Å². The molecule has 0 aromatic rings. The zero-order chi connectivity index (χ0) is 33.7. The van der Waals surface area contributed by atoms with Crippen LogP contribution in [0.2, 0.25) is 0 Å². The van der Waals surface area contributed by atoms with Gasteiger partial charge < -0.3 is 4.74 Å². The molecule has 0 spiro atoms. The van der Waals surface area contributed by atoms with Crippen LogP contribution >= 0.6 is 0 Å². The van der Waals surface area contributed by atoms with Gasteiger partial charge in [-0.05, 0) is 141 Å². The zero-order valence-corrected chi connectivity index (χ0v) is 32.8. The topological polar surface area (TPSA) is 45.3 Å². The minimum atomic E-state index is 0.466. The Kier molecular flexibility index (Phi) is 10.9. The first-order valence-corrected chi connectivity index (χ1v) is 24.2. The summed E-state index contributed by atoms with van der Waals surface area (Å²) in [6.07, 6.45) is 45.7. The number of rotatable bonds is 5. The highest BCUT2D eigenvalue weighted by molar-refractivity contribution is 5.08. The predicted molar refractivity (Wildman–Crippen MR) is 209 cm³/mol. The Morgan fingerprint density at radius 3 is 1.49 bits per heavy atom. The maximum absolute atomic E-state index is 7.66. The first-order valence-electron chi connectivity index (χ1n) is 24.2. The predicted octanol–water partition coefficient (Wildman–Crippen LogP) is 10.9. The Morgan fingerprint density at radius 1 is 0.294 bits per heavy atom. The second kappa shape index (κ2) is 15.8. The van der Waals surface area contributed by atoms with Crippen LogP contribution in [-0.2, 0) is 4.74 Å². The number of ether oxygens (including phenoxy) is 1. The van der Waals surface area contributed by atoms with Crippen LogP contribution in [-0.4, -0.2) is 30.7 Å². The summed E-state index contributed by atoms with van der Waals surface area (Å²) in [5, 5.41) is 13.3. The van der Waals surface area contributed by atoms with Gasteiger partial charge in [-0.25, -0.2) is 0 Å². The zero-order valence-electron chi connectivity index (χ0n) is 32.8. The summed E-state index contributed by atoms with van der Waals surface area (Å²) in [4.78, 5) is 0. The van der Waals surface area contributed by atoms with Gasteiger partial charge in [0.2, 0.25) is 0 Å². The van der Waals surface area contributed by atoms with E-state index in [9.17, 15) is 0 Å². The number of fused-ring (bicyclic) bond motifs is 5. The molecule has 10 rings (SSSR count). The van der Waals surface area contributed by atoms with E-state index in [4.69, 9.17) is 4.74 Å². The Morgan fingerprint density at radius 2 is 0.765 bits per heavy atom. The van der Waals surface area contributed by atoms with Crippen LogP contribution in [0.5, 0.6) is 0 Å². The van der Waals surface area contributed by atoms with E-state index in [1.54, 1.807) is 19.3 Å². The molecular weight excluding hydrogens is 623 g/mol. The first-order chi connectivity index (χ1) is 25.2. The molecule has 8 aliphatic carbocycles. The van der Waals surface area contributed by atoms with Crippen LogP contribution in [0.3, 0.4) is 0 Å². The van der Waals surface area contributed by atoms with Crippen LogP contribution in [0, 0.1) is 76.9 Å². The van der Waals surface area contributed by atoms with Gasteiger partial charge in [0.25, 0.3) is 0 Å². The van der Waals surface area contributed by atoms with Crippen LogP contribution in [0.15, 0.2) is 0 Å². The van der Waals surface area contributed by atoms with Crippen molar-refractivity contribution in [1.29, 1.82) is 0 Å². The summed E-state index contributed by atoms with van der Waals surface area (Å²) in [6, 6.07) is 0. The Bertz CT molecular complexity index is 1130. The average molecular weight is 702 g/mol. The van der Waals surface area contributed by atoms with E-state index in [2.05, 4.69) is 16.0 Å². The smallest absolute Gasteiger partial charge is 0.0645 e. The average Bonchev–Trinajstić information content (AvgIpc) is 3.58. The molecule has 0 amide bonds. The fourth-order valence-corrected chi connectivity index (χ4v) is 16.4. The lowest BCUT2D eigenvalue weighted by Gasteiger charge is -2.54. The minimum Gasteiger partial charge on any atom is -0.374 e. The second-order valence-electron chi connectivity index (χ2n) is 21.4. The molecule has 0 aromatic carbocycles. The maximum atomic E-state index is 7.66. The summed E-state index contributed by atoms with van der Waals surface area (Å²) < 4.78 is 7.66. The number of hydrogen-bond donors (Lipinski definition) is 3. The lowest BCUT2D eigenvalue weighted by atomic mass is 9.56. The highest BCUT2D eigenvalue weighted by atomic mass is 16.5. The first kappa shape index (κ1) is 35.3. The number of nitrogens with one attached hydrogen (secondary N) is 3. The lowest BCUT2D eigenvalue weighted by molar-refractivity contribution is -0.0789. The van der Waals surface area contributed by atoms with E-state index < -0.39 is 0 Å². The summed E-state index contributed by atoms with van der Waals surface area (Å²) >= 11 is 0. The monoisotopic (exact) mass is 702 g/mol. The van der Waals surface area contributed by atoms with Gasteiger partial charge in [0.05, 0.1) is 30.7 Å². The van der Waals surface area contributed by atoms with Crippen molar-refractivity contribution in [3.63, 3.8) is 0 Å². The summed E-state index contributed by atoms with van der Waals surface area (Å²) in [5.74, 6) is 11.8. The third-order valence-corrected chi connectivity index (χ3v) is 19.0. The molecule has 0 bridgehead atoms. The molecule has 4 heteroatoms. The van der Waals surface area contributed by atoms with Gasteiger partial charge in [-0.15, -0.1) is 0 Å². The van der Waals surface area contributed by atoms with Crippen LogP contribution < -0.4 is 16.0 Å². The van der Waals surface area contributed by atoms with Gasteiger partial charge in [0.1, 0.15) is 0 Å². The third kappa shape index (κ3) is 7.20. The third-order valence-electron chi connectivity index (χ3n) is 19.0. The summed E-state index contributed by atoms with van der Waals surface area (Å²) in [6.45, 7) is 0. The Labute approximate surface area is 313 Å². The molecule has 2 aliphatic heterocycles. The van der Waals surface area contributed by atoms with E-state index in [0.717, 1.165) is 76.9 Å². The lowest BCUT2D eigenvalue weighted by Crippen LogP contribution is -2.73. The quantitative estimate of drug-likeness (QED) is 0.267. The van der Waals surface area contributed by atoms with Crippen molar-refractivity contribution in [3.8, 4) is 0 Å². The maximum Gasteiger partial charge on any atom is 0.0645 e. The molecule has 0 radical (unpaired) electrons. The molecule has 2 heterocycles. The van der Waals surface area contributed by atoms with E-state index in [-0.39, 0.29) is 0 Å². The molecule has 16 unspecified atom stereocenters. The van der Waals surface area contributed by atoms with Crippen LogP contribution in [0.25, 0.3) is 0 Å². The fraction of sp³-hybridized carbons (Fsp3) is 1.00. The number of hydrogen-bond acceptors (Lipinski definition) is 4. The molecule has 8 saturated carbocycles. The van der Waals surface area contributed by atoms with Crippen molar-refractivity contribution in [3.05, 3.63) is 0 Å². The fourth-order valence-electron chi connectivity index (χ4n) is 16.4. The summed E-state index contributed by atoms with van der Waals surface area (Å²) in [7, 11) is 0. The van der Waals surface area contributed by atoms with Crippen molar-refractivity contribution in [2.75, 3.05) is 0 Å². The Balaban J connectivity index is 0.920. The van der Waals surface area contributed by atoms with Gasteiger partial charge in [0, 0.05) is 0 Å². The van der Waals surface area contributed by atoms with Crippen molar-refractivity contribution in [2.24, 2.45) is 76.9 Å². The largest absolute Gasteiger partial charge is 0.374 e. The van der Waals surface area contributed by atoms with Gasteiger partial charge in [0.15, 0.2) is 0 Å². The standard InChI is InChI=1S/C47H79N3O/c1-3-12-30(13-4-1)34-20-11-21-37(26-34)39-24-25-40(43-41-28-35-18-9-10-19-36(35)29-42(41)51-44(39)43)47-49-45(32-15-5-2-6-16-32)48-46(50-47)38-23-22-31-14-7-8-17-33(31)27-38/h30-50H,1-29H2. The minimum absolute atomic E-state index is 0.466. The Hall–Kier alpha value is -0.160. The normalized spacial score (nSPS) is 51.5. The molecule has 51 heavy (non-hydrogen) atoms. The van der Waals surface area contributed by atoms with Crippen LogP contribution in [0.1, 0.15) is 186 Å².